The molecule has 0 spiro atoms. The Bertz CT molecular complexity index is 396. The molecule has 0 fully saturated rings. The number of halogens is 2. The first kappa shape index (κ1) is 13.9. The summed E-state index contributed by atoms with van der Waals surface area (Å²) in [6.07, 6.45) is 0.846. The Labute approximate surface area is 105 Å². The number of hydrogen-bond donors (Lipinski definition) is 2. The Hall–Kier alpha value is -1.13. The van der Waals surface area contributed by atoms with Crippen LogP contribution in [0.2, 0.25) is 5.02 Å². The zero-order valence-electron chi connectivity index (χ0n) is 9.54. The highest BCUT2D eigenvalue weighted by Gasteiger charge is 2.11. The van der Waals surface area contributed by atoms with E-state index in [1.165, 1.54) is 12.1 Å². The summed E-state index contributed by atoms with van der Waals surface area (Å²) in [5, 5.41) is 11.9. The van der Waals surface area contributed by atoms with Gasteiger partial charge in [-0.1, -0.05) is 11.6 Å². The van der Waals surface area contributed by atoms with Crippen LogP contribution in [-0.4, -0.2) is 23.7 Å². The van der Waals surface area contributed by atoms with E-state index in [9.17, 15) is 9.18 Å². The SMILES string of the molecule is CC(O)CCCNC(=O)c1cc(Cl)ccc1F. The number of amides is 1. The lowest BCUT2D eigenvalue weighted by molar-refractivity contribution is 0.0945. The largest absolute Gasteiger partial charge is 0.393 e. The molecule has 1 atom stereocenters. The Morgan fingerprint density at radius 2 is 2.29 bits per heavy atom. The van der Waals surface area contributed by atoms with E-state index >= 15 is 0 Å². The number of aliphatic hydroxyl groups excluding tert-OH is 1. The molecule has 94 valence electrons. The first-order valence-corrected chi connectivity index (χ1v) is 5.80. The fraction of sp³-hybridized carbons (Fsp3) is 0.417. The van der Waals surface area contributed by atoms with Crippen molar-refractivity contribution in [3.05, 3.63) is 34.6 Å². The van der Waals surface area contributed by atoms with Crippen molar-refractivity contribution in [2.75, 3.05) is 6.54 Å². The smallest absolute Gasteiger partial charge is 0.254 e. The molecule has 3 nitrogen and oxygen atoms in total. The Kier molecular flexibility index (Phi) is 5.38. The molecule has 0 saturated heterocycles. The number of hydrogen-bond acceptors (Lipinski definition) is 2. The summed E-state index contributed by atoms with van der Waals surface area (Å²) in [5.41, 5.74) is -0.0606. The number of carbonyl (C=O) groups is 1. The third-order valence-corrected chi connectivity index (χ3v) is 2.49. The lowest BCUT2D eigenvalue weighted by Gasteiger charge is -2.07. The second-order valence-electron chi connectivity index (χ2n) is 3.87. The monoisotopic (exact) mass is 259 g/mol. The van der Waals surface area contributed by atoms with Crippen molar-refractivity contribution in [2.24, 2.45) is 0 Å². The first-order valence-electron chi connectivity index (χ1n) is 5.42. The minimum Gasteiger partial charge on any atom is -0.393 e. The maximum atomic E-state index is 13.3. The van der Waals surface area contributed by atoms with Crippen LogP contribution in [0.3, 0.4) is 0 Å². The van der Waals surface area contributed by atoms with Gasteiger partial charge in [0.1, 0.15) is 5.82 Å². The molecule has 1 rings (SSSR count). The number of carbonyl (C=O) groups excluding carboxylic acids is 1. The maximum absolute atomic E-state index is 13.3. The molecule has 1 unspecified atom stereocenters. The van der Waals surface area contributed by atoms with E-state index in [0.717, 1.165) is 6.07 Å². The van der Waals surface area contributed by atoms with E-state index in [0.29, 0.717) is 24.4 Å². The van der Waals surface area contributed by atoms with E-state index in [2.05, 4.69) is 5.32 Å². The number of aliphatic hydroxyl groups is 1. The van der Waals surface area contributed by atoms with E-state index in [1.54, 1.807) is 6.92 Å². The van der Waals surface area contributed by atoms with E-state index < -0.39 is 17.8 Å². The second kappa shape index (κ2) is 6.57. The molecule has 0 radical (unpaired) electrons. The molecule has 0 saturated carbocycles. The van der Waals surface area contributed by atoms with E-state index in [4.69, 9.17) is 16.7 Å². The van der Waals surface area contributed by atoms with Crippen molar-refractivity contribution in [1.29, 1.82) is 0 Å². The van der Waals surface area contributed by atoms with Gasteiger partial charge in [0.15, 0.2) is 0 Å². The third-order valence-electron chi connectivity index (χ3n) is 2.26. The minimum atomic E-state index is -0.595. The van der Waals surface area contributed by atoms with Crippen LogP contribution in [0.5, 0.6) is 0 Å². The van der Waals surface area contributed by atoms with Gasteiger partial charge in [-0.05, 0) is 38.0 Å². The summed E-state index contributed by atoms with van der Waals surface area (Å²) in [7, 11) is 0. The quantitative estimate of drug-likeness (QED) is 0.798. The van der Waals surface area contributed by atoms with Gasteiger partial charge in [-0.2, -0.15) is 0 Å². The third kappa shape index (κ3) is 4.71. The summed E-state index contributed by atoms with van der Waals surface area (Å²) < 4.78 is 13.3. The molecule has 2 N–H and O–H groups in total. The molecular weight excluding hydrogens is 245 g/mol. The second-order valence-corrected chi connectivity index (χ2v) is 4.31. The Morgan fingerprint density at radius 3 is 2.94 bits per heavy atom. The first-order chi connectivity index (χ1) is 8.00. The summed E-state index contributed by atoms with van der Waals surface area (Å²) in [5.74, 6) is -1.09. The predicted octanol–water partition coefficient (Wildman–Crippen LogP) is 2.37. The maximum Gasteiger partial charge on any atom is 0.254 e. The zero-order chi connectivity index (χ0) is 12.8. The van der Waals surface area contributed by atoms with Crippen molar-refractivity contribution in [1.82, 2.24) is 5.32 Å². The van der Waals surface area contributed by atoms with Crippen LogP contribution in [-0.2, 0) is 0 Å². The predicted molar refractivity (Wildman–Crippen MR) is 64.7 cm³/mol. The number of benzene rings is 1. The summed E-state index contributed by atoms with van der Waals surface area (Å²) >= 11 is 5.68. The summed E-state index contributed by atoms with van der Waals surface area (Å²) in [4.78, 5) is 11.6. The van der Waals surface area contributed by atoms with Crippen LogP contribution in [0.1, 0.15) is 30.1 Å². The van der Waals surface area contributed by atoms with Gasteiger partial charge in [-0.15, -0.1) is 0 Å². The van der Waals surface area contributed by atoms with Crippen LogP contribution in [0, 0.1) is 5.82 Å². The average molecular weight is 260 g/mol. The van der Waals surface area contributed by atoms with Crippen molar-refractivity contribution in [3.8, 4) is 0 Å². The lowest BCUT2D eigenvalue weighted by atomic mass is 10.2. The van der Waals surface area contributed by atoms with Crippen LogP contribution >= 0.6 is 11.6 Å². The van der Waals surface area contributed by atoms with Crippen LogP contribution in [0.15, 0.2) is 18.2 Å². The van der Waals surface area contributed by atoms with Gasteiger partial charge in [0, 0.05) is 11.6 Å². The van der Waals surface area contributed by atoms with Gasteiger partial charge in [0.2, 0.25) is 0 Å². The molecule has 0 aliphatic rings. The van der Waals surface area contributed by atoms with Gasteiger partial charge >= 0.3 is 0 Å². The average Bonchev–Trinajstić information content (AvgIpc) is 2.27. The highest BCUT2D eigenvalue weighted by molar-refractivity contribution is 6.30. The molecule has 0 aromatic heterocycles. The Morgan fingerprint density at radius 1 is 1.59 bits per heavy atom. The topological polar surface area (TPSA) is 49.3 Å². The molecule has 0 aliphatic heterocycles. The Balaban J connectivity index is 2.49. The molecule has 0 aliphatic carbocycles. The number of nitrogens with one attached hydrogen (secondary N) is 1. The normalized spacial score (nSPS) is 12.2. The zero-order valence-corrected chi connectivity index (χ0v) is 10.3. The highest BCUT2D eigenvalue weighted by Crippen LogP contribution is 2.14. The van der Waals surface area contributed by atoms with Gasteiger partial charge in [0.25, 0.3) is 5.91 Å². The van der Waals surface area contributed by atoms with Gasteiger partial charge in [-0.25, -0.2) is 4.39 Å². The molecule has 5 heteroatoms. The van der Waals surface area contributed by atoms with Crippen LogP contribution < -0.4 is 5.32 Å². The summed E-state index contributed by atoms with van der Waals surface area (Å²) in [6.45, 7) is 2.08. The van der Waals surface area contributed by atoms with Crippen LogP contribution in [0.25, 0.3) is 0 Å². The van der Waals surface area contributed by atoms with Crippen LogP contribution in [0.4, 0.5) is 4.39 Å². The summed E-state index contributed by atoms with van der Waals surface area (Å²) in [6, 6.07) is 3.84. The van der Waals surface area contributed by atoms with Crippen molar-refractivity contribution >= 4 is 17.5 Å². The molecular formula is C12H15ClFNO2. The minimum absolute atomic E-state index is 0.0606. The van der Waals surface area contributed by atoms with Crippen molar-refractivity contribution < 1.29 is 14.3 Å². The van der Waals surface area contributed by atoms with Gasteiger partial charge in [0.05, 0.1) is 11.7 Å². The molecule has 0 bridgehead atoms. The fourth-order valence-electron chi connectivity index (χ4n) is 1.37. The van der Waals surface area contributed by atoms with E-state index in [1.807, 2.05) is 0 Å². The van der Waals surface area contributed by atoms with Crippen molar-refractivity contribution in [2.45, 2.75) is 25.9 Å². The van der Waals surface area contributed by atoms with E-state index in [-0.39, 0.29) is 5.56 Å². The lowest BCUT2D eigenvalue weighted by Crippen LogP contribution is -2.26. The van der Waals surface area contributed by atoms with Gasteiger partial charge < -0.3 is 10.4 Å². The van der Waals surface area contributed by atoms with Crippen molar-refractivity contribution in [3.63, 3.8) is 0 Å². The highest BCUT2D eigenvalue weighted by atomic mass is 35.5. The van der Waals surface area contributed by atoms with Gasteiger partial charge in [-0.3, -0.25) is 4.79 Å². The fourth-order valence-corrected chi connectivity index (χ4v) is 1.54. The molecule has 1 aromatic rings. The standard InChI is InChI=1S/C12H15ClFNO2/c1-8(16)3-2-6-15-12(17)10-7-9(13)4-5-11(10)14/h4-5,7-8,16H,2-3,6H2,1H3,(H,15,17). The molecule has 0 heterocycles. The molecule has 1 aromatic carbocycles. The molecule has 1 amide bonds. The molecule has 17 heavy (non-hydrogen) atoms. The number of rotatable bonds is 5.